The lowest BCUT2D eigenvalue weighted by Crippen LogP contribution is -2.35. The highest BCUT2D eigenvalue weighted by Gasteiger charge is 2.32. The maximum Gasteiger partial charge on any atom is 0.223 e. The van der Waals surface area contributed by atoms with Gasteiger partial charge in [-0.2, -0.15) is 0 Å². The van der Waals surface area contributed by atoms with E-state index >= 15 is 0 Å². The Morgan fingerprint density at radius 1 is 1.14 bits per heavy atom. The van der Waals surface area contributed by atoms with Crippen LogP contribution in [-0.4, -0.2) is 13.0 Å². The Labute approximate surface area is 134 Å². The molecule has 2 rings (SSSR count). The van der Waals surface area contributed by atoms with Crippen LogP contribution in [0.15, 0.2) is 24.3 Å². The van der Waals surface area contributed by atoms with Crippen LogP contribution in [0.3, 0.4) is 0 Å². The Morgan fingerprint density at radius 3 is 2.23 bits per heavy atom. The first-order valence-electron chi connectivity index (χ1n) is 8.31. The van der Waals surface area contributed by atoms with Gasteiger partial charge in [-0.15, -0.1) is 0 Å². The van der Waals surface area contributed by atoms with Crippen molar-refractivity contribution in [3.8, 4) is 5.75 Å². The summed E-state index contributed by atoms with van der Waals surface area (Å²) < 4.78 is 5.14. The van der Waals surface area contributed by atoms with E-state index in [1.807, 2.05) is 24.3 Å². The minimum Gasteiger partial charge on any atom is -0.497 e. The van der Waals surface area contributed by atoms with Gasteiger partial charge in [-0.25, -0.2) is 0 Å². The minimum absolute atomic E-state index is 0.192. The maximum absolute atomic E-state index is 12.3. The topological polar surface area (TPSA) is 38.3 Å². The molecule has 0 saturated heterocycles. The van der Waals surface area contributed by atoms with Crippen molar-refractivity contribution in [1.82, 2.24) is 5.32 Å². The lowest BCUT2D eigenvalue weighted by Gasteiger charge is -2.36. The first-order chi connectivity index (χ1) is 10.4. The van der Waals surface area contributed by atoms with Crippen molar-refractivity contribution < 1.29 is 9.53 Å². The van der Waals surface area contributed by atoms with Gasteiger partial charge in [0, 0.05) is 12.5 Å². The van der Waals surface area contributed by atoms with E-state index in [0.29, 0.717) is 12.0 Å². The molecule has 1 aromatic carbocycles. The number of carbonyl (C=O) groups excluding carboxylic acids is 1. The second kappa shape index (κ2) is 7.17. The number of benzene rings is 1. The average Bonchev–Trinajstić information content (AvgIpc) is 2.52. The molecular formula is C19H29NO2. The van der Waals surface area contributed by atoms with Crippen LogP contribution in [0, 0.1) is 17.3 Å². The van der Waals surface area contributed by atoms with E-state index in [-0.39, 0.29) is 11.8 Å². The molecule has 0 aromatic heterocycles. The summed E-state index contributed by atoms with van der Waals surface area (Å²) in [6, 6.07) is 7.84. The zero-order chi connectivity index (χ0) is 16.2. The molecule has 0 radical (unpaired) electrons. The van der Waals surface area contributed by atoms with E-state index in [0.717, 1.165) is 30.1 Å². The third-order valence-corrected chi connectivity index (χ3v) is 4.95. The molecule has 0 spiro atoms. The summed E-state index contributed by atoms with van der Waals surface area (Å²) in [4.78, 5) is 12.3. The first-order valence-corrected chi connectivity index (χ1v) is 8.31. The van der Waals surface area contributed by atoms with Crippen molar-refractivity contribution >= 4 is 5.91 Å². The first kappa shape index (κ1) is 16.9. The number of carbonyl (C=O) groups is 1. The Morgan fingerprint density at radius 2 is 1.73 bits per heavy atom. The van der Waals surface area contributed by atoms with E-state index in [4.69, 9.17) is 4.74 Å². The van der Waals surface area contributed by atoms with Crippen molar-refractivity contribution in [3.05, 3.63) is 29.8 Å². The van der Waals surface area contributed by atoms with E-state index < -0.39 is 0 Å². The molecule has 1 aliphatic carbocycles. The Kier molecular flexibility index (Phi) is 5.49. The van der Waals surface area contributed by atoms with Gasteiger partial charge in [0.25, 0.3) is 0 Å². The molecule has 122 valence electrons. The van der Waals surface area contributed by atoms with Crippen LogP contribution >= 0.6 is 0 Å². The molecule has 1 aliphatic rings. The molecule has 0 unspecified atom stereocenters. The van der Waals surface area contributed by atoms with Crippen molar-refractivity contribution in [3.63, 3.8) is 0 Å². The number of rotatable bonds is 4. The second-order valence-corrected chi connectivity index (χ2v) is 7.48. The minimum atomic E-state index is 0.192. The highest BCUT2D eigenvalue weighted by Crippen LogP contribution is 2.39. The quantitative estimate of drug-likeness (QED) is 0.907. The standard InChI is InChI=1S/C19H29NO2/c1-19(2,3)16-9-7-15(8-10-16)18(21)20-13-14-5-11-17(22-4)12-6-14/h5-6,11-12,15-16H,7-10,13H2,1-4H3,(H,20,21). The van der Waals surface area contributed by atoms with Crippen LogP contribution in [0.5, 0.6) is 5.75 Å². The van der Waals surface area contributed by atoms with Gasteiger partial charge in [-0.05, 0) is 54.7 Å². The predicted octanol–water partition coefficient (Wildman–Crippen LogP) is 4.16. The molecule has 0 atom stereocenters. The highest BCUT2D eigenvalue weighted by atomic mass is 16.5. The molecule has 1 saturated carbocycles. The Bertz CT molecular complexity index is 479. The lowest BCUT2D eigenvalue weighted by atomic mass is 9.69. The van der Waals surface area contributed by atoms with Crippen LogP contribution in [0.4, 0.5) is 0 Å². The smallest absolute Gasteiger partial charge is 0.223 e. The predicted molar refractivity (Wildman–Crippen MR) is 89.7 cm³/mol. The third-order valence-electron chi connectivity index (χ3n) is 4.95. The molecule has 1 aromatic rings. The fraction of sp³-hybridized carbons (Fsp3) is 0.632. The number of ether oxygens (including phenoxy) is 1. The Hall–Kier alpha value is -1.51. The zero-order valence-corrected chi connectivity index (χ0v) is 14.3. The molecule has 3 nitrogen and oxygen atoms in total. The van der Waals surface area contributed by atoms with Gasteiger partial charge in [0.05, 0.1) is 7.11 Å². The summed E-state index contributed by atoms with van der Waals surface area (Å²) in [7, 11) is 1.66. The van der Waals surface area contributed by atoms with Crippen molar-refractivity contribution in [2.75, 3.05) is 7.11 Å². The number of hydrogen-bond acceptors (Lipinski definition) is 2. The van der Waals surface area contributed by atoms with E-state index in [1.165, 1.54) is 12.8 Å². The number of nitrogens with one attached hydrogen (secondary N) is 1. The van der Waals surface area contributed by atoms with Gasteiger partial charge in [-0.3, -0.25) is 4.79 Å². The average molecular weight is 303 g/mol. The van der Waals surface area contributed by atoms with E-state index in [2.05, 4.69) is 26.1 Å². The summed E-state index contributed by atoms with van der Waals surface area (Å²) in [6.07, 6.45) is 4.39. The molecule has 1 fully saturated rings. The van der Waals surface area contributed by atoms with Crippen LogP contribution in [-0.2, 0) is 11.3 Å². The molecule has 0 bridgehead atoms. The summed E-state index contributed by atoms with van der Waals surface area (Å²) in [5.41, 5.74) is 1.47. The van der Waals surface area contributed by atoms with E-state index in [1.54, 1.807) is 7.11 Å². The van der Waals surface area contributed by atoms with Gasteiger partial charge in [0.15, 0.2) is 0 Å². The van der Waals surface area contributed by atoms with Gasteiger partial charge >= 0.3 is 0 Å². The van der Waals surface area contributed by atoms with Gasteiger partial charge in [0.1, 0.15) is 5.75 Å². The molecule has 0 heterocycles. The molecule has 3 heteroatoms. The van der Waals surface area contributed by atoms with Crippen LogP contribution in [0.1, 0.15) is 52.0 Å². The molecule has 1 N–H and O–H groups in total. The highest BCUT2D eigenvalue weighted by molar-refractivity contribution is 5.78. The molecule has 1 amide bonds. The van der Waals surface area contributed by atoms with Gasteiger partial charge in [-0.1, -0.05) is 32.9 Å². The summed E-state index contributed by atoms with van der Waals surface area (Å²) in [5, 5.41) is 3.08. The van der Waals surface area contributed by atoms with Crippen molar-refractivity contribution in [1.29, 1.82) is 0 Å². The van der Waals surface area contributed by atoms with Crippen molar-refractivity contribution in [2.24, 2.45) is 17.3 Å². The fourth-order valence-electron chi connectivity index (χ4n) is 3.30. The van der Waals surface area contributed by atoms with Gasteiger partial charge in [0.2, 0.25) is 5.91 Å². The lowest BCUT2D eigenvalue weighted by molar-refractivity contribution is -0.126. The number of hydrogen-bond donors (Lipinski definition) is 1. The second-order valence-electron chi connectivity index (χ2n) is 7.48. The number of methoxy groups -OCH3 is 1. The number of amides is 1. The van der Waals surface area contributed by atoms with E-state index in [9.17, 15) is 4.79 Å². The maximum atomic E-state index is 12.3. The SMILES string of the molecule is COc1ccc(CNC(=O)C2CCC(C(C)(C)C)CC2)cc1. The monoisotopic (exact) mass is 303 g/mol. The molecule has 22 heavy (non-hydrogen) atoms. The Balaban J connectivity index is 1.78. The fourth-order valence-corrected chi connectivity index (χ4v) is 3.30. The van der Waals surface area contributed by atoms with Crippen LogP contribution < -0.4 is 10.1 Å². The normalized spacial score (nSPS) is 22.2. The molecular weight excluding hydrogens is 274 g/mol. The summed E-state index contributed by atoms with van der Waals surface area (Å²) in [6.45, 7) is 7.52. The van der Waals surface area contributed by atoms with Gasteiger partial charge < -0.3 is 10.1 Å². The van der Waals surface area contributed by atoms with Crippen molar-refractivity contribution in [2.45, 2.75) is 53.0 Å². The largest absolute Gasteiger partial charge is 0.497 e. The summed E-state index contributed by atoms with van der Waals surface area (Å²) >= 11 is 0. The van der Waals surface area contributed by atoms with Crippen LogP contribution in [0.2, 0.25) is 0 Å². The molecule has 0 aliphatic heterocycles. The zero-order valence-electron chi connectivity index (χ0n) is 14.3. The third kappa shape index (κ3) is 4.49. The van der Waals surface area contributed by atoms with Crippen LogP contribution in [0.25, 0.3) is 0 Å². The summed E-state index contributed by atoms with van der Waals surface area (Å²) in [5.74, 6) is 1.99.